The molecule has 1 aromatic heterocycles. The lowest BCUT2D eigenvalue weighted by molar-refractivity contribution is -0.137. The van der Waals surface area contributed by atoms with Crippen LogP contribution in [0, 0.1) is 0 Å². The molecule has 108 valence electrons. The van der Waals surface area contributed by atoms with Gasteiger partial charge in [0.05, 0.1) is 16.8 Å². The number of benzene rings is 1. The second kappa shape index (κ2) is 4.99. The molecule has 3 heterocycles. The van der Waals surface area contributed by atoms with E-state index in [4.69, 9.17) is 9.84 Å². The van der Waals surface area contributed by atoms with E-state index in [0.717, 1.165) is 45.5 Å². The van der Waals surface area contributed by atoms with Crippen LogP contribution in [-0.2, 0) is 11.2 Å². The minimum Gasteiger partial charge on any atom is -0.493 e. The number of fused-ring (bicyclic) bond motifs is 2. The SMILES string of the molecule is O=C(O)[C@H]1CSC(c2nc3cc4c(cc3s2)CCCO4)=N1. The van der Waals surface area contributed by atoms with E-state index >= 15 is 0 Å². The smallest absolute Gasteiger partial charge is 0.329 e. The van der Waals surface area contributed by atoms with E-state index in [0.29, 0.717) is 5.75 Å². The summed E-state index contributed by atoms with van der Waals surface area (Å²) >= 11 is 3.04. The van der Waals surface area contributed by atoms with Crippen molar-refractivity contribution >= 4 is 44.3 Å². The molecule has 7 heteroatoms. The molecule has 1 atom stereocenters. The lowest BCUT2D eigenvalue weighted by Gasteiger charge is -2.16. The summed E-state index contributed by atoms with van der Waals surface area (Å²) in [6.07, 6.45) is 2.09. The third kappa shape index (κ3) is 2.30. The summed E-state index contributed by atoms with van der Waals surface area (Å²) in [5, 5.41) is 10.6. The van der Waals surface area contributed by atoms with E-state index in [1.165, 1.54) is 17.3 Å². The summed E-state index contributed by atoms with van der Waals surface area (Å²) in [5.74, 6) is 0.540. The third-order valence-corrected chi connectivity index (χ3v) is 5.75. The first-order valence-electron chi connectivity index (χ1n) is 6.71. The van der Waals surface area contributed by atoms with Crippen molar-refractivity contribution in [3.8, 4) is 5.75 Å². The second-order valence-electron chi connectivity index (χ2n) is 5.00. The van der Waals surface area contributed by atoms with Crippen LogP contribution in [0.1, 0.15) is 17.0 Å². The first-order valence-corrected chi connectivity index (χ1v) is 8.51. The summed E-state index contributed by atoms with van der Waals surface area (Å²) in [4.78, 5) is 19.8. The minimum absolute atomic E-state index is 0.486. The molecule has 2 aromatic rings. The van der Waals surface area contributed by atoms with Crippen LogP contribution in [0.4, 0.5) is 0 Å². The van der Waals surface area contributed by atoms with Crippen LogP contribution < -0.4 is 4.74 Å². The molecule has 0 bridgehead atoms. The fraction of sp³-hybridized carbons (Fsp3) is 0.357. The lowest BCUT2D eigenvalue weighted by atomic mass is 10.1. The molecule has 0 saturated carbocycles. The number of aliphatic imine (C=N–C) groups is 1. The van der Waals surface area contributed by atoms with E-state index in [1.54, 1.807) is 11.3 Å². The van der Waals surface area contributed by atoms with E-state index in [2.05, 4.69) is 16.0 Å². The third-order valence-electron chi connectivity index (χ3n) is 3.54. The van der Waals surface area contributed by atoms with Crippen LogP contribution in [-0.4, -0.2) is 39.5 Å². The normalized spacial score (nSPS) is 21.0. The van der Waals surface area contributed by atoms with Gasteiger partial charge in [-0.15, -0.1) is 23.1 Å². The largest absolute Gasteiger partial charge is 0.493 e. The van der Waals surface area contributed by atoms with E-state index < -0.39 is 12.0 Å². The molecule has 0 aliphatic carbocycles. The van der Waals surface area contributed by atoms with Gasteiger partial charge in [-0.3, -0.25) is 4.99 Å². The van der Waals surface area contributed by atoms with Crippen LogP contribution >= 0.6 is 23.1 Å². The number of carboxylic acid groups (broad SMARTS) is 1. The van der Waals surface area contributed by atoms with Crippen LogP contribution in [0.2, 0.25) is 0 Å². The highest BCUT2D eigenvalue weighted by atomic mass is 32.2. The fourth-order valence-electron chi connectivity index (χ4n) is 2.48. The van der Waals surface area contributed by atoms with Crippen LogP contribution in [0.5, 0.6) is 5.75 Å². The first-order chi connectivity index (χ1) is 10.2. The average Bonchev–Trinajstić information content (AvgIpc) is 3.11. The number of ether oxygens (including phenoxy) is 1. The van der Waals surface area contributed by atoms with Crippen molar-refractivity contribution in [3.63, 3.8) is 0 Å². The number of hydrogen-bond donors (Lipinski definition) is 1. The van der Waals surface area contributed by atoms with Crippen molar-refractivity contribution in [1.82, 2.24) is 4.98 Å². The van der Waals surface area contributed by atoms with Crippen molar-refractivity contribution < 1.29 is 14.6 Å². The molecule has 0 amide bonds. The van der Waals surface area contributed by atoms with Crippen LogP contribution in [0.25, 0.3) is 10.2 Å². The zero-order valence-electron chi connectivity index (χ0n) is 11.0. The lowest BCUT2D eigenvalue weighted by Crippen LogP contribution is -2.17. The van der Waals surface area contributed by atoms with Gasteiger partial charge in [-0.05, 0) is 24.5 Å². The first kappa shape index (κ1) is 13.1. The van der Waals surface area contributed by atoms with Crippen molar-refractivity contribution in [2.24, 2.45) is 4.99 Å². The molecule has 21 heavy (non-hydrogen) atoms. The maximum Gasteiger partial charge on any atom is 0.329 e. The van der Waals surface area contributed by atoms with Crippen molar-refractivity contribution in [2.75, 3.05) is 12.4 Å². The fourth-order valence-corrected chi connectivity index (χ4v) is 4.59. The monoisotopic (exact) mass is 320 g/mol. The quantitative estimate of drug-likeness (QED) is 0.921. The predicted molar refractivity (Wildman–Crippen MR) is 83.9 cm³/mol. The van der Waals surface area contributed by atoms with Gasteiger partial charge in [0.15, 0.2) is 6.04 Å². The zero-order chi connectivity index (χ0) is 14.4. The molecule has 2 aliphatic heterocycles. The predicted octanol–water partition coefficient (Wildman–Crippen LogP) is 2.57. The summed E-state index contributed by atoms with van der Waals surface area (Å²) in [5.41, 5.74) is 2.13. The molecule has 0 saturated heterocycles. The highest BCUT2D eigenvalue weighted by Gasteiger charge is 2.27. The number of hydrogen-bond acceptors (Lipinski definition) is 6. The van der Waals surface area contributed by atoms with Gasteiger partial charge in [0.1, 0.15) is 15.8 Å². The van der Waals surface area contributed by atoms with Gasteiger partial charge in [-0.2, -0.15) is 0 Å². The van der Waals surface area contributed by atoms with Gasteiger partial charge in [0.25, 0.3) is 0 Å². The number of thiazole rings is 1. The Bertz CT molecular complexity index is 726. The zero-order valence-corrected chi connectivity index (χ0v) is 12.7. The van der Waals surface area contributed by atoms with Crippen LogP contribution in [0.3, 0.4) is 0 Å². The van der Waals surface area contributed by atoms with Crippen molar-refractivity contribution in [3.05, 3.63) is 22.7 Å². The number of rotatable bonds is 2. The van der Waals surface area contributed by atoms with Gasteiger partial charge in [0, 0.05) is 11.8 Å². The highest BCUT2D eigenvalue weighted by molar-refractivity contribution is 8.15. The Hall–Kier alpha value is -1.60. The summed E-state index contributed by atoms with van der Waals surface area (Å²) in [6.45, 7) is 0.762. The number of aromatic nitrogens is 1. The van der Waals surface area contributed by atoms with E-state index in [1.807, 2.05) is 6.07 Å². The van der Waals surface area contributed by atoms with E-state index in [-0.39, 0.29) is 0 Å². The summed E-state index contributed by atoms with van der Waals surface area (Å²) < 4.78 is 6.77. The van der Waals surface area contributed by atoms with Gasteiger partial charge >= 0.3 is 5.97 Å². The molecule has 1 N–H and O–H groups in total. The number of aryl methyl sites for hydroxylation is 1. The van der Waals surface area contributed by atoms with Crippen LogP contribution in [0.15, 0.2) is 17.1 Å². The Balaban J connectivity index is 1.74. The molecule has 4 rings (SSSR count). The standard InChI is InChI=1S/C14H12N2O3S2/c17-14(18)9-6-20-12(16-9)13-15-8-5-10-7(2-1-3-19-10)4-11(8)21-13/h4-5,9H,1-3,6H2,(H,17,18)/t9-/m1/s1. The number of thioether (sulfide) groups is 1. The average molecular weight is 320 g/mol. The van der Waals surface area contributed by atoms with Crippen molar-refractivity contribution in [2.45, 2.75) is 18.9 Å². The maximum atomic E-state index is 11.0. The molecule has 1 aromatic carbocycles. The maximum absolute atomic E-state index is 11.0. The Morgan fingerprint density at radius 2 is 2.33 bits per heavy atom. The summed E-state index contributed by atoms with van der Waals surface area (Å²) in [7, 11) is 0. The Kier molecular flexibility index (Phi) is 3.11. The Labute approximate surface area is 129 Å². The number of aliphatic carboxylic acids is 1. The minimum atomic E-state index is -0.873. The van der Waals surface area contributed by atoms with E-state index in [9.17, 15) is 4.79 Å². The molecular weight excluding hydrogens is 308 g/mol. The van der Waals surface area contributed by atoms with Gasteiger partial charge < -0.3 is 9.84 Å². The topological polar surface area (TPSA) is 71.8 Å². The molecule has 0 spiro atoms. The number of carbonyl (C=O) groups is 1. The van der Waals surface area contributed by atoms with Gasteiger partial charge in [-0.1, -0.05) is 0 Å². The summed E-state index contributed by atoms with van der Waals surface area (Å²) in [6, 6.07) is 3.48. The van der Waals surface area contributed by atoms with Gasteiger partial charge in [0.2, 0.25) is 0 Å². The number of nitrogens with zero attached hydrogens (tertiary/aromatic N) is 2. The Morgan fingerprint density at radius 3 is 3.14 bits per heavy atom. The molecule has 0 radical (unpaired) electrons. The molecule has 2 aliphatic rings. The molecule has 5 nitrogen and oxygen atoms in total. The number of carboxylic acids is 1. The van der Waals surface area contributed by atoms with Gasteiger partial charge in [-0.25, -0.2) is 9.78 Å². The molecule has 0 fully saturated rings. The molecule has 0 unspecified atom stereocenters. The molecular formula is C14H12N2O3S2. The second-order valence-corrected chi connectivity index (χ2v) is 7.04. The van der Waals surface area contributed by atoms with Crippen molar-refractivity contribution in [1.29, 1.82) is 0 Å². The Morgan fingerprint density at radius 1 is 1.43 bits per heavy atom. The highest BCUT2D eigenvalue weighted by Crippen LogP contribution is 2.35.